The van der Waals surface area contributed by atoms with Crippen LogP contribution in [-0.2, 0) is 4.79 Å². The topological polar surface area (TPSA) is 29.5 Å². The maximum atomic E-state index is 11.9. The lowest BCUT2D eigenvalue weighted by atomic mass is 10.2. The third kappa shape index (κ3) is 3.39. The van der Waals surface area contributed by atoms with Gasteiger partial charge in [-0.25, -0.2) is 0 Å². The van der Waals surface area contributed by atoms with Crippen LogP contribution in [-0.4, -0.2) is 30.5 Å². The molecule has 0 aliphatic heterocycles. The lowest BCUT2D eigenvalue weighted by molar-refractivity contribution is -0.134. The van der Waals surface area contributed by atoms with Gasteiger partial charge in [-0.1, -0.05) is 24.4 Å². The van der Waals surface area contributed by atoms with Gasteiger partial charge in [0.2, 0.25) is 0 Å². The van der Waals surface area contributed by atoms with Crippen LogP contribution in [0.15, 0.2) is 24.3 Å². The van der Waals surface area contributed by atoms with Crippen LogP contribution in [0.3, 0.4) is 0 Å². The van der Waals surface area contributed by atoms with Gasteiger partial charge in [-0.15, -0.1) is 0 Å². The number of carbonyl (C=O) groups excluding carboxylic acids is 1. The minimum absolute atomic E-state index is 0.0387. The van der Waals surface area contributed by atoms with Gasteiger partial charge in [0.25, 0.3) is 5.91 Å². The third-order valence-corrected chi connectivity index (χ3v) is 3.69. The highest BCUT2D eigenvalue weighted by Gasteiger charge is 2.23. The van der Waals surface area contributed by atoms with Crippen LogP contribution in [0.4, 0.5) is 0 Å². The Balaban J connectivity index is 1.82. The van der Waals surface area contributed by atoms with E-state index in [1.54, 1.807) is 24.3 Å². The monoisotopic (exact) mass is 267 g/mol. The first-order valence-electron chi connectivity index (χ1n) is 6.31. The fraction of sp³-hybridized carbons (Fsp3) is 0.500. The Bertz CT molecular complexity index is 399. The number of hydrogen-bond acceptors (Lipinski definition) is 2. The number of ether oxygens (including phenoxy) is 1. The summed E-state index contributed by atoms with van der Waals surface area (Å²) in [5.74, 6) is 0.712. The van der Waals surface area contributed by atoms with Crippen molar-refractivity contribution in [3.63, 3.8) is 0 Å². The van der Waals surface area contributed by atoms with Gasteiger partial charge in [0, 0.05) is 18.1 Å². The van der Waals surface area contributed by atoms with Gasteiger partial charge in [0.1, 0.15) is 5.75 Å². The largest absolute Gasteiger partial charge is 0.484 e. The number of rotatable bonds is 4. The molecule has 0 heterocycles. The molecule has 1 aromatic carbocycles. The molecule has 4 heteroatoms. The third-order valence-electron chi connectivity index (χ3n) is 3.44. The first-order valence-corrected chi connectivity index (χ1v) is 6.68. The summed E-state index contributed by atoms with van der Waals surface area (Å²) in [5.41, 5.74) is 0. The summed E-state index contributed by atoms with van der Waals surface area (Å²) in [5, 5.41) is 0.664. The summed E-state index contributed by atoms with van der Waals surface area (Å²) < 4.78 is 5.45. The van der Waals surface area contributed by atoms with E-state index in [9.17, 15) is 4.79 Å². The van der Waals surface area contributed by atoms with E-state index in [0.717, 1.165) is 12.8 Å². The van der Waals surface area contributed by atoms with Crippen LogP contribution >= 0.6 is 11.6 Å². The van der Waals surface area contributed by atoms with Crippen molar-refractivity contribution in [1.29, 1.82) is 0 Å². The SMILES string of the molecule is CN(C(=O)COc1ccc(Cl)cc1)C1CCCC1. The Morgan fingerprint density at radius 3 is 2.56 bits per heavy atom. The maximum absolute atomic E-state index is 11.9. The number of nitrogens with zero attached hydrogens (tertiary/aromatic N) is 1. The molecule has 1 aliphatic rings. The fourth-order valence-electron chi connectivity index (χ4n) is 2.27. The van der Waals surface area contributed by atoms with Crippen LogP contribution in [0.25, 0.3) is 0 Å². The molecule has 1 amide bonds. The predicted molar refractivity (Wildman–Crippen MR) is 72.0 cm³/mol. The molecule has 0 N–H and O–H groups in total. The van der Waals surface area contributed by atoms with Gasteiger partial charge in [-0.3, -0.25) is 4.79 Å². The molecular formula is C14H18ClNO2. The number of likely N-dealkylation sites (N-methyl/N-ethyl adjacent to an activating group) is 1. The molecule has 1 saturated carbocycles. The van der Waals surface area contributed by atoms with Crippen LogP contribution in [0, 0.1) is 0 Å². The van der Waals surface area contributed by atoms with E-state index >= 15 is 0 Å². The number of carbonyl (C=O) groups is 1. The molecule has 3 nitrogen and oxygen atoms in total. The smallest absolute Gasteiger partial charge is 0.260 e. The van der Waals surface area contributed by atoms with Gasteiger partial charge >= 0.3 is 0 Å². The zero-order valence-electron chi connectivity index (χ0n) is 10.6. The molecule has 18 heavy (non-hydrogen) atoms. The second-order valence-corrected chi connectivity index (χ2v) is 5.12. The average Bonchev–Trinajstić information content (AvgIpc) is 2.90. The Morgan fingerprint density at radius 1 is 1.33 bits per heavy atom. The summed E-state index contributed by atoms with van der Waals surface area (Å²) in [6.45, 7) is 0.0919. The minimum atomic E-state index is 0.0387. The van der Waals surface area contributed by atoms with Crippen molar-refractivity contribution < 1.29 is 9.53 Å². The maximum Gasteiger partial charge on any atom is 0.260 e. The van der Waals surface area contributed by atoms with Crippen LogP contribution < -0.4 is 4.74 Å². The van der Waals surface area contributed by atoms with Crippen molar-refractivity contribution in [1.82, 2.24) is 4.90 Å². The van der Waals surface area contributed by atoms with Gasteiger partial charge in [-0.05, 0) is 37.1 Å². The van der Waals surface area contributed by atoms with E-state index in [0.29, 0.717) is 16.8 Å². The van der Waals surface area contributed by atoms with Crippen molar-refractivity contribution in [3.05, 3.63) is 29.3 Å². The van der Waals surface area contributed by atoms with Crippen LogP contribution in [0.5, 0.6) is 5.75 Å². The molecule has 0 atom stereocenters. The second kappa shape index (κ2) is 6.10. The average molecular weight is 268 g/mol. The van der Waals surface area contributed by atoms with E-state index in [4.69, 9.17) is 16.3 Å². The molecular weight excluding hydrogens is 250 g/mol. The highest BCUT2D eigenvalue weighted by atomic mass is 35.5. The normalized spacial score (nSPS) is 15.7. The molecule has 98 valence electrons. The molecule has 1 aliphatic carbocycles. The first kappa shape index (κ1) is 13.2. The van der Waals surface area contributed by atoms with Gasteiger partial charge in [0.05, 0.1) is 0 Å². The van der Waals surface area contributed by atoms with Crippen molar-refractivity contribution in [3.8, 4) is 5.75 Å². The Morgan fingerprint density at radius 2 is 1.94 bits per heavy atom. The molecule has 1 fully saturated rings. The van der Waals surface area contributed by atoms with E-state index in [2.05, 4.69) is 0 Å². The molecule has 0 aromatic heterocycles. The lowest BCUT2D eigenvalue weighted by Crippen LogP contribution is -2.38. The quantitative estimate of drug-likeness (QED) is 0.839. The Labute approximate surface area is 113 Å². The summed E-state index contributed by atoms with van der Waals surface area (Å²) in [4.78, 5) is 13.8. The summed E-state index contributed by atoms with van der Waals surface area (Å²) in [7, 11) is 1.86. The molecule has 2 rings (SSSR count). The van der Waals surface area contributed by atoms with Crippen molar-refractivity contribution in [2.75, 3.05) is 13.7 Å². The first-order chi connectivity index (χ1) is 8.66. The molecule has 1 aromatic rings. The van der Waals surface area contributed by atoms with Crippen LogP contribution in [0.1, 0.15) is 25.7 Å². The molecule has 0 unspecified atom stereocenters. The zero-order chi connectivity index (χ0) is 13.0. The highest BCUT2D eigenvalue weighted by molar-refractivity contribution is 6.30. The predicted octanol–water partition coefficient (Wildman–Crippen LogP) is 3.12. The number of halogens is 1. The second-order valence-electron chi connectivity index (χ2n) is 4.69. The minimum Gasteiger partial charge on any atom is -0.484 e. The van der Waals surface area contributed by atoms with Gasteiger partial charge in [-0.2, -0.15) is 0 Å². The van der Waals surface area contributed by atoms with E-state index < -0.39 is 0 Å². The summed E-state index contributed by atoms with van der Waals surface area (Å²) in [6.07, 6.45) is 4.67. The lowest BCUT2D eigenvalue weighted by Gasteiger charge is -2.24. The molecule has 0 spiro atoms. The Kier molecular flexibility index (Phi) is 4.48. The van der Waals surface area contributed by atoms with E-state index in [1.165, 1.54) is 12.8 Å². The molecule has 0 radical (unpaired) electrons. The van der Waals surface area contributed by atoms with E-state index in [-0.39, 0.29) is 12.5 Å². The van der Waals surface area contributed by atoms with Crippen LogP contribution in [0.2, 0.25) is 5.02 Å². The Hall–Kier alpha value is -1.22. The molecule has 0 saturated heterocycles. The fourth-order valence-corrected chi connectivity index (χ4v) is 2.40. The van der Waals surface area contributed by atoms with Crippen molar-refractivity contribution in [2.24, 2.45) is 0 Å². The van der Waals surface area contributed by atoms with Crippen molar-refractivity contribution in [2.45, 2.75) is 31.7 Å². The number of amides is 1. The van der Waals surface area contributed by atoms with Gasteiger partial charge < -0.3 is 9.64 Å². The highest BCUT2D eigenvalue weighted by Crippen LogP contribution is 2.22. The summed E-state index contributed by atoms with van der Waals surface area (Å²) in [6, 6.07) is 7.44. The number of benzene rings is 1. The van der Waals surface area contributed by atoms with E-state index in [1.807, 2.05) is 11.9 Å². The summed E-state index contributed by atoms with van der Waals surface area (Å²) >= 11 is 5.78. The number of hydrogen-bond donors (Lipinski definition) is 0. The zero-order valence-corrected chi connectivity index (χ0v) is 11.3. The standard InChI is InChI=1S/C14H18ClNO2/c1-16(12-4-2-3-5-12)14(17)10-18-13-8-6-11(15)7-9-13/h6-9,12H,2-5,10H2,1H3. The molecule has 0 bridgehead atoms. The van der Waals surface area contributed by atoms with Gasteiger partial charge in [0.15, 0.2) is 6.61 Å². The van der Waals surface area contributed by atoms with Crippen molar-refractivity contribution >= 4 is 17.5 Å².